The summed E-state index contributed by atoms with van der Waals surface area (Å²) in [5.74, 6) is 0.610. The smallest absolute Gasteiger partial charge is 0.138 e. The minimum absolute atomic E-state index is 0.610. The zero-order chi connectivity index (χ0) is 19.9. The molecule has 1 aliphatic heterocycles. The van der Waals surface area contributed by atoms with Gasteiger partial charge in [0.25, 0.3) is 0 Å². The second kappa shape index (κ2) is 7.07. The number of hydrogen-bond acceptors (Lipinski definition) is 4. The monoisotopic (exact) mass is 394 g/mol. The summed E-state index contributed by atoms with van der Waals surface area (Å²) in [6.45, 7) is 2.18. The molecule has 148 valence electrons. The average molecular weight is 394 g/mol. The van der Waals surface area contributed by atoms with Gasteiger partial charge in [-0.25, -0.2) is 4.98 Å². The van der Waals surface area contributed by atoms with E-state index in [-0.39, 0.29) is 0 Å². The fourth-order valence-electron chi connectivity index (χ4n) is 4.55. The standard InChI is InChI=1S/C24H22N6/c1-2-9-26-20(3-1)17-8-12-27-24-18(17)14-22(28-24)23-19-13-16(4-5-21(19)29-30-23)15-6-10-25-11-7-15/h1-5,8-9,12-15,25H,6-7,10-11H2,(H,27,28)(H,29,30). The first-order valence-electron chi connectivity index (χ1n) is 10.4. The first-order chi connectivity index (χ1) is 14.9. The van der Waals surface area contributed by atoms with Crippen LogP contribution in [0.4, 0.5) is 0 Å². The summed E-state index contributed by atoms with van der Waals surface area (Å²) in [6.07, 6.45) is 6.01. The summed E-state index contributed by atoms with van der Waals surface area (Å²) in [4.78, 5) is 12.5. The average Bonchev–Trinajstić information content (AvgIpc) is 3.43. The van der Waals surface area contributed by atoms with E-state index in [0.717, 1.165) is 57.7 Å². The topological polar surface area (TPSA) is 82.3 Å². The minimum atomic E-state index is 0.610. The number of rotatable bonds is 3. The van der Waals surface area contributed by atoms with Gasteiger partial charge < -0.3 is 10.3 Å². The van der Waals surface area contributed by atoms with Gasteiger partial charge in [-0.15, -0.1) is 0 Å². The third kappa shape index (κ3) is 2.88. The van der Waals surface area contributed by atoms with Crippen LogP contribution in [0, 0.1) is 0 Å². The van der Waals surface area contributed by atoms with Gasteiger partial charge in [0.1, 0.15) is 11.3 Å². The highest BCUT2D eigenvalue weighted by atomic mass is 15.1. The van der Waals surface area contributed by atoms with E-state index in [1.54, 1.807) is 0 Å². The highest BCUT2D eigenvalue weighted by Gasteiger charge is 2.18. The number of H-pyrrole nitrogens is 2. The molecule has 5 heterocycles. The van der Waals surface area contributed by atoms with Crippen LogP contribution in [0.25, 0.3) is 44.6 Å². The minimum Gasteiger partial charge on any atom is -0.338 e. The molecule has 3 N–H and O–H groups in total. The van der Waals surface area contributed by atoms with Crippen molar-refractivity contribution < 1.29 is 0 Å². The SMILES string of the molecule is c1ccc(-c2ccnc3[nH]c(-c4n[nH]c5ccc(C6CCNCC6)cc45)cc23)nc1. The van der Waals surface area contributed by atoms with Gasteiger partial charge in [0.05, 0.1) is 16.9 Å². The van der Waals surface area contributed by atoms with Crippen LogP contribution in [0.5, 0.6) is 0 Å². The second-order valence-electron chi connectivity index (χ2n) is 7.92. The molecular formula is C24H22N6. The molecule has 1 fully saturated rings. The normalized spacial score (nSPS) is 15.2. The zero-order valence-corrected chi connectivity index (χ0v) is 16.5. The Hall–Kier alpha value is -3.51. The van der Waals surface area contributed by atoms with Crippen molar-refractivity contribution in [3.05, 3.63) is 66.5 Å². The van der Waals surface area contributed by atoms with Gasteiger partial charge in [-0.1, -0.05) is 12.1 Å². The molecule has 1 saturated heterocycles. The van der Waals surface area contributed by atoms with Gasteiger partial charge in [0.2, 0.25) is 0 Å². The lowest BCUT2D eigenvalue weighted by molar-refractivity contribution is 0.460. The molecule has 1 aliphatic rings. The highest BCUT2D eigenvalue weighted by Crippen LogP contribution is 2.34. The van der Waals surface area contributed by atoms with E-state index >= 15 is 0 Å². The van der Waals surface area contributed by atoms with Crippen LogP contribution in [0.1, 0.15) is 24.3 Å². The molecular weight excluding hydrogens is 372 g/mol. The van der Waals surface area contributed by atoms with E-state index in [0.29, 0.717) is 5.92 Å². The van der Waals surface area contributed by atoms with E-state index in [1.807, 2.05) is 36.7 Å². The maximum absolute atomic E-state index is 4.64. The third-order valence-electron chi connectivity index (χ3n) is 6.13. The molecule has 30 heavy (non-hydrogen) atoms. The molecule has 5 aromatic rings. The van der Waals surface area contributed by atoms with Crippen molar-refractivity contribution in [1.29, 1.82) is 0 Å². The number of benzene rings is 1. The Morgan fingerprint density at radius 2 is 1.80 bits per heavy atom. The maximum atomic E-state index is 4.64. The second-order valence-corrected chi connectivity index (χ2v) is 7.92. The summed E-state index contributed by atoms with van der Waals surface area (Å²) < 4.78 is 0. The lowest BCUT2D eigenvalue weighted by atomic mass is 9.89. The first-order valence-corrected chi connectivity index (χ1v) is 10.4. The molecule has 0 atom stereocenters. The van der Waals surface area contributed by atoms with Crippen LogP contribution in [-0.2, 0) is 0 Å². The van der Waals surface area contributed by atoms with Crippen LogP contribution in [0.2, 0.25) is 0 Å². The molecule has 0 spiro atoms. The molecule has 6 heteroatoms. The lowest BCUT2D eigenvalue weighted by Gasteiger charge is -2.23. The molecule has 0 saturated carbocycles. The maximum Gasteiger partial charge on any atom is 0.138 e. The molecule has 0 aliphatic carbocycles. The van der Waals surface area contributed by atoms with E-state index < -0.39 is 0 Å². The first kappa shape index (κ1) is 17.4. The number of pyridine rings is 2. The van der Waals surface area contributed by atoms with Crippen LogP contribution in [0.15, 0.2) is 60.9 Å². The summed E-state index contributed by atoms with van der Waals surface area (Å²) in [7, 11) is 0. The molecule has 0 amide bonds. The van der Waals surface area contributed by atoms with Crippen molar-refractivity contribution in [2.75, 3.05) is 13.1 Å². The number of hydrogen-bond donors (Lipinski definition) is 3. The van der Waals surface area contributed by atoms with Crippen molar-refractivity contribution in [3.8, 4) is 22.6 Å². The van der Waals surface area contributed by atoms with Crippen molar-refractivity contribution >= 4 is 21.9 Å². The number of fused-ring (bicyclic) bond motifs is 2. The Bertz CT molecular complexity index is 1330. The predicted octanol–water partition coefficient (Wildman–Crippen LogP) is 4.64. The number of aromatic nitrogens is 5. The Morgan fingerprint density at radius 3 is 2.67 bits per heavy atom. The van der Waals surface area contributed by atoms with E-state index in [9.17, 15) is 0 Å². The van der Waals surface area contributed by atoms with E-state index in [2.05, 4.69) is 54.7 Å². The molecule has 4 aromatic heterocycles. The summed E-state index contributed by atoms with van der Waals surface area (Å²) in [5.41, 5.74) is 7.21. The number of nitrogens with one attached hydrogen (secondary N) is 3. The van der Waals surface area contributed by atoms with Crippen LogP contribution in [-0.4, -0.2) is 38.2 Å². The third-order valence-corrected chi connectivity index (χ3v) is 6.13. The van der Waals surface area contributed by atoms with Gasteiger partial charge >= 0.3 is 0 Å². The molecule has 0 radical (unpaired) electrons. The fraction of sp³-hybridized carbons (Fsp3) is 0.208. The van der Waals surface area contributed by atoms with E-state index in [1.165, 1.54) is 18.4 Å². The highest BCUT2D eigenvalue weighted by molar-refractivity contribution is 5.99. The summed E-state index contributed by atoms with van der Waals surface area (Å²) in [5, 5.41) is 13.5. The van der Waals surface area contributed by atoms with Crippen molar-refractivity contribution in [3.63, 3.8) is 0 Å². The van der Waals surface area contributed by atoms with Gasteiger partial charge in [0.15, 0.2) is 0 Å². The van der Waals surface area contributed by atoms with Gasteiger partial charge in [0, 0.05) is 28.7 Å². The van der Waals surface area contributed by atoms with Crippen molar-refractivity contribution in [2.24, 2.45) is 0 Å². The Balaban J connectivity index is 1.47. The van der Waals surface area contributed by atoms with E-state index in [4.69, 9.17) is 0 Å². The molecule has 6 rings (SSSR count). The number of nitrogens with zero attached hydrogens (tertiary/aromatic N) is 3. The van der Waals surface area contributed by atoms with Gasteiger partial charge in [-0.05, 0) is 73.8 Å². The molecule has 6 nitrogen and oxygen atoms in total. The molecule has 1 aromatic carbocycles. The largest absolute Gasteiger partial charge is 0.338 e. The van der Waals surface area contributed by atoms with Crippen LogP contribution >= 0.6 is 0 Å². The molecule has 0 unspecified atom stereocenters. The van der Waals surface area contributed by atoms with Crippen molar-refractivity contribution in [2.45, 2.75) is 18.8 Å². The summed E-state index contributed by atoms with van der Waals surface area (Å²) >= 11 is 0. The number of piperidine rings is 1. The van der Waals surface area contributed by atoms with Gasteiger partial charge in [-0.3, -0.25) is 10.1 Å². The Kier molecular flexibility index (Phi) is 4.09. The van der Waals surface area contributed by atoms with Crippen LogP contribution < -0.4 is 5.32 Å². The molecule has 0 bridgehead atoms. The van der Waals surface area contributed by atoms with Crippen LogP contribution in [0.3, 0.4) is 0 Å². The quantitative estimate of drug-likeness (QED) is 0.416. The number of aromatic amines is 2. The zero-order valence-electron chi connectivity index (χ0n) is 16.5. The predicted molar refractivity (Wildman–Crippen MR) is 119 cm³/mol. The van der Waals surface area contributed by atoms with Crippen molar-refractivity contribution in [1.82, 2.24) is 30.5 Å². The lowest BCUT2D eigenvalue weighted by Crippen LogP contribution is -2.26. The fourth-order valence-corrected chi connectivity index (χ4v) is 4.55. The van der Waals surface area contributed by atoms with Gasteiger partial charge in [-0.2, -0.15) is 5.10 Å². The Morgan fingerprint density at radius 1 is 0.867 bits per heavy atom. The Labute approximate surface area is 173 Å². The summed E-state index contributed by atoms with van der Waals surface area (Å²) in [6, 6.07) is 16.8.